The van der Waals surface area contributed by atoms with E-state index >= 15 is 0 Å². The first-order valence-electron chi connectivity index (χ1n) is 6.43. The molecule has 0 aliphatic carbocycles. The zero-order valence-corrected chi connectivity index (χ0v) is 12.5. The number of ketones is 1. The van der Waals surface area contributed by atoms with Crippen LogP contribution in [-0.4, -0.2) is 29.4 Å². The van der Waals surface area contributed by atoms with Gasteiger partial charge < -0.3 is 10.5 Å². The van der Waals surface area contributed by atoms with Gasteiger partial charge in [-0.1, -0.05) is 13.0 Å². The van der Waals surface area contributed by atoms with E-state index in [1.165, 1.54) is 16.8 Å². The SMILES string of the molecule is CCc1sc2cccc(OCC(=O)NO)c2c1C(=O)C(N)=O. The predicted octanol–water partition coefficient (Wildman–Crippen LogP) is 1.02. The number of hydrogen-bond donors (Lipinski definition) is 3. The van der Waals surface area contributed by atoms with Gasteiger partial charge in [-0.05, 0) is 18.6 Å². The number of carbonyl (C=O) groups is 3. The smallest absolute Gasteiger partial charge is 0.289 e. The van der Waals surface area contributed by atoms with Gasteiger partial charge in [-0.15, -0.1) is 11.3 Å². The average molecular weight is 322 g/mol. The van der Waals surface area contributed by atoms with Crippen molar-refractivity contribution in [3.63, 3.8) is 0 Å². The lowest BCUT2D eigenvalue weighted by molar-refractivity contribution is -0.131. The van der Waals surface area contributed by atoms with Crippen molar-refractivity contribution in [3.05, 3.63) is 28.6 Å². The Bertz CT molecular complexity index is 753. The van der Waals surface area contributed by atoms with Crippen molar-refractivity contribution < 1.29 is 24.3 Å². The van der Waals surface area contributed by atoms with Crippen LogP contribution in [0.15, 0.2) is 18.2 Å². The Morgan fingerprint density at radius 2 is 2.09 bits per heavy atom. The summed E-state index contributed by atoms with van der Waals surface area (Å²) in [5, 5.41) is 8.95. The zero-order chi connectivity index (χ0) is 16.3. The van der Waals surface area contributed by atoms with Gasteiger partial charge in [0, 0.05) is 15.0 Å². The van der Waals surface area contributed by atoms with Gasteiger partial charge in [-0.25, -0.2) is 5.48 Å². The lowest BCUT2D eigenvalue weighted by atomic mass is 10.0. The molecule has 1 aromatic carbocycles. The Morgan fingerprint density at radius 1 is 1.36 bits per heavy atom. The lowest BCUT2D eigenvalue weighted by Gasteiger charge is -2.08. The number of hydrogen-bond acceptors (Lipinski definition) is 6. The molecule has 1 aromatic heterocycles. The number of Topliss-reactive ketones (excluding diaryl/α,β-unsaturated/α-hetero) is 1. The molecule has 0 unspecified atom stereocenters. The molecule has 1 heterocycles. The first-order valence-corrected chi connectivity index (χ1v) is 7.25. The normalized spacial score (nSPS) is 10.5. The van der Waals surface area contributed by atoms with Gasteiger partial charge in [0.2, 0.25) is 0 Å². The van der Waals surface area contributed by atoms with Gasteiger partial charge in [0.1, 0.15) is 5.75 Å². The Labute approximate surface area is 129 Å². The lowest BCUT2D eigenvalue weighted by Crippen LogP contribution is -2.26. The molecule has 0 bridgehead atoms. The van der Waals surface area contributed by atoms with Gasteiger partial charge in [-0.3, -0.25) is 19.6 Å². The highest BCUT2D eigenvalue weighted by Gasteiger charge is 2.24. The maximum Gasteiger partial charge on any atom is 0.289 e. The van der Waals surface area contributed by atoms with E-state index in [1.54, 1.807) is 18.2 Å². The summed E-state index contributed by atoms with van der Waals surface area (Å²) in [5.74, 6) is -2.28. The van der Waals surface area contributed by atoms with Crippen LogP contribution in [0.3, 0.4) is 0 Å². The Hall–Kier alpha value is -2.45. The molecule has 2 rings (SSSR count). The topological polar surface area (TPSA) is 119 Å². The van der Waals surface area contributed by atoms with Gasteiger partial charge in [0.05, 0.1) is 5.56 Å². The number of amides is 2. The number of nitrogens with two attached hydrogens (primary N) is 1. The second kappa shape index (κ2) is 6.54. The van der Waals surface area contributed by atoms with E-state index in [4.69, 9.17) is 15.7 Å². The summed E-state index contributed by atoms with van der Waals surface area (Å²) in [5.41, 5.74) is 6.78. The highest BCUT2D eigenvalue weighted by atomic mass is 32.1. The second-order valence-electron chi connectivity index (χ2n) is 4.40. The van der Waals surface area contributed by atoms with Crippen LogP contribution in [0.2, 0.25) is 0 Å². The number of nitrogens with one attached hydrogen (secondary N) is 1. The number of rotatable bonds is 6. The van der Waals surface area contributed by atoms with Crippen LogP contribution in [-0.2, 0) is 16.0 Å². The van der Waals surface area contributed by atoms with Crippen molar-refractivity contribution in [2.75, 3.05) is 6.61 Å². The standard InChI is InChI=1S/C14H14N2O5S/c1-2-8-12(13(18)14(15)19)11-7(21-6-10(17)16-20)4-3-5-9(11)22-8/h3-5,20H,2,6H2,1H3,(H2,15,19)(H,16,17). The number of benzene rings is 1. The largest absolute Gasteiger partial charge is 0.483 e. The van der Waals surface area contributed by atoms with Crippen LogP contribution in [0.1, 0.15) is 22.2 Å². The number of carbonyl (C=O) groups excluding carboxylic acids is 3. The molecule has 2 aromatic rings. The fourth-order valence-corrected chi connectivity index (χ4v) is 3.23. The van der Waals surface area contributed by atoms with Gasteiger partial charge >= 0.3 is 0 Å². The first-order chi connectivity index (χ1) is 10.5. The van der Waals surface area contributed by atoms with Crippen LogP contribution in [0.25, 0.3) is 10.1 Å². The van der Waals surface area contributed by atoms with E-state index in [0.29, 0.717) is 11.8 Å². The quantitative estimate of drug-likeness (QED) is 0.317. The van der Waals surface area contributed by atoms with Crippen molar-refractivity contribution in [1.82, 2.24) is 5.48 Å². The summed E-state index contributed by atoms with van der Waals surface area (Å²) >= 11 is 1.37. The molecule has 0 aliphatic heterocycles. The molecule has 0 atom stereocenters. The van der Waals surface area contributed by atoms with Crippen molar-refractivity contribution in [3.8, 4) is 5.75 Å². The van der Waals surface area contributed by atoms with Crippen molar-refractivity contribution in [1.29, 1.82) is 0 Å². The molecule has 0 radical (unpaired) electrons. The van der Waals surface area contributed by atoms with Crippen molar-refractivity contribution in [2.24, 2.45) is 5.73 Å². The monoisotopic (exact) mass is 322 g/mol. The number of thiophene rings is 1. The molecule has 4 N–H and O–H groups in total. The van der Waals surface area contributed by atoms with E-state index in [0.717, 1.165) is 9.58 Å². The third-order valence-corrected chi connectivity index (χ3v) is 4.30. The van der Waals surface area contributed by atoms with Crippen LogP contribution < -0.4 is 16.0 Å². The van der Waals surface area contributed by atoms with Crippen LogP contribution in [0.4, 0.5) is 0 Å². The molecule has 0 fully saturated rings. The molecule has 0 saturated carbocycles. The zero-order valence-electron chi connectivity index (χ0n) is 11.7. The average Bonchev–Trinajstić information content (AvgIpc) is 2.90. The van der Waals surface area contributed by atoms with Gasteiger partial charge in [0.15, 0.2) is 6.61 Å². The molecule has 8 heteroatoms. The number of ether oxygens (including phenoxy) is 1. The fourth-order valence-electron chi connectivity index (χ4n) is 2.07. The van der Waals surface area contributed by atoms with E-state index in [9.17, 15) is 14.4 Å². The summed E-state index contributed by atoms with van der Waals surface area (Å²) in [7, 11) is 0. The van der Waals surface area contributed by atoms with Gasteiger partial charge in [-0.2, -0.15) is 0 Å². The molecule has 116 valence electrons. The highest BCUT2D eigenvalue weighted by Crippen LogP contribution is 2.38. The molecule has 0 spiro atoms. The second-order valence-corrected chi connectivity index (χ2v) is 5.54. The summed E-state index contributed by atoms with van der Waals surface area (Å²) in [6.45, 7) is 1.44. The van der Waals surface area contributed by atoms with Crippen molar-refractivity contribution in [2.45, 2.75) is 13.3 Å². The molecule has 7 nitrogen and oxygen atoms in total. The third-order valence-electron chi connectivity index (χ3n) is 3.01. The maximum absolute atomic E-state index is 12.1. The molecular weight excluding hydrogens is 308 g/mol. The maximum atomic E-state index is 12.1. The van der Waals surface area contributed by atoms with Crippen LogP contribution in [0, 0.1) is 0 Å². The van der Waals surface area contributed by atoms with E-state index in [1.807, 2.05) is 6.92 Å². The Morgan fingerprint density at radius 3 is 2.68 bits per heavy atom. The summed E-state index contributed by atoms with van der Waals surface area (Å²) in [4.78, 5) is 35.2. The molecule has 0 aliphatic rings. The predicted molar refractivity (Wildman–Crippen MR) is 80.2 cm³/mol. The molecular formula is C14H14N2O5S. The Kier molecular flexibility index (Phi) is 4.74. The number of primary amides is 1. The number of fused-ring (bicyclic) bond motifs is 1. The minimum absolute atomic E-state index is 0.218. The van der Waals surface area contributed by atoms with Crippen molar-refractivity contribution >= 4 is 39.0 Å². The summed E-state index contributed by atoms with van der Waals surface area (Å²) in [6.07, 6.45) is 0.560. The number of hydroxylamine groups is 1. The highest BCUT2D eigenvalue weighted by molar-refractivity contribution is 7.19. The summed E-state index contributed by atoms with van der Waals surface area (Å²) < 4.78 is 6.08. The minimum Gasteiger partial charge on any atom is -0.483 e. The molecule has 0 saturated heterocycles. The van der Waals surface area contributed by atoms with Gasteiger partial charge in [0.25, 0.3) is 17.6 Å². The van der Waals surface area contributed by atoms with E-state index < -0.39 is 24.2 Å². The molecule has 22 heavy (non-hydrogen) atoms. The van der Waals surface area contributed by atoms with E-state index in [-0.39, 0.29) is 11.3 Å². The van der Waals surface area contributed by atoms with Crippen LogP contribution in [0.5, 0.6) is 5.75 Å². The Balaban J connectivity index is 2.58. The number of aryl methyl sites for hydroxylation is 1. The van der Waals surface area contributed by atoms with Crippen LogP contribution >= 0.6 is 11.3 Å². The fraction of sp³-hybridized carbons (Fsp3) is 0.214. The first kappa shape index (κ1) is 15.9. The summed E-state index contributed by atoms with van der Waals surface area (Å²) in [6, 6.07) is 5.08. The minimum atomic E-state index is -1.04. The van der Waals surface area contributed by atoms with E-state index in [2.05, 4.69) is 0 Å². The third kappa shape index (κ3) is 2.92. The molecule has 2 amide bonds.